The Morgan fingerprint density at radius 2 is 1.81 bits per heavy atom. The summed E-state index contributed by atoms with van der Waals surface area (Å²) in [5, 5.41) is 6.73. The maximum Gasteiger partial charge on any atom is 0.328 e. The van der Waals surface area contributed by atoms with Crippen molar-refractivity contribution in [3.63, 3.8) is 0 Å². The molecular formula is C19H14N4O3. The van der Waals surface area contributed by atoms with Crippen molar-refractivity contribution in [2.45, 2.75) is 6.92 Å². The predicted octanol–water partition coefficient (Wildman–Crippen LogP) is 2.91. The molecule has 1 N–H and O–H groups in total. The van der Waals surface area contributed by atoms with E-state index in [0.29, 0.717) is 5.56 Å². The molecule has 0 saturated heterocycles. The van der Waals surface area contributed by atoms with Gasteiger partial charge >= 0.3 is 11.4 Å². The molecule has 0 atom stereocenters. The molecule has 0 spiro atoms. The van der Waals surface area contributed by atoms with Gasteiger partial charge in [-0.2, -0.15) is 0 Å². The fourth-order valence-corrected chi connectivity index (χ4v) is 2.47. The second-order valence-electron chi connectivity index (χ2n) is 5.76. The Kier molecular flexibility index (Phi) is 3.81. The van der Waals surface area contributed by atoms with Crippen molar-refractivity contribution in [3.8, 4) is 11.5 Å². The number of nitrogens with one attached hydrogen (secondary N) is 1. The maximum absolute atomic E-state index is 12.6. The van der Waals surface area contributed by atoms with Gasteiger partial charge in [-0.25, -0.2) is 4.98 Å². The molecule has 0 aliphatic rings. The molecule has 0 bridgehead atoms. The van der Waals surface area contributed by atoms with Crippen LogP contribution in [-0.2, 0) is 0 Å². The Balaban J connectivity index is 1.68. The quantitative estimate of drug-likeness (QED) is 0.616. The predicted molar refractivity (Wildman–Crippen MR) is 96.1 cm³/mol. The number of anilines is 1. The van der Waals surface area contributed by atoms with Crippen LogP contribution in [0.25, 0.3) is 17.3 Å². The van der Waals surface area contributed by atoms with E-state index in [9.17, 15) is 9.59 Å². The summed E-state index contributed by atoms with van der Waals surface area (Å²) in [6, 6.07) is 16.2. The van der Waals surface area contributed by atoms with Gasteiger partial charge in [-0.3, -0.25) is 9.59 Å². The highest BCUT2D eigenvalue weighted by Crippen LogP contribution is 2.18. The molecule has 7 nitrogen and oxygen atoms in total. The Bertz CT molecular complexity index is 1150. The average Bonchev–Trinajstić information content (AvgIpc) is 3.10. The molecule has 128 valence electrons. The first-order chi connectivity index (χ1) is 12.6. The fourth-order valence-electron chi connectivity index (χ4n) is 2.47. The van der Waals surface area contributed by atoms with Gasteiger partial charge in [0, 0.05) is 11.1 Å². The van der Waals surface area contributed by atoms with Crippen LogP contribution in [-0.4, -0.2) is 20.5 Å². The first-order valence-electron chi connectivity index (χ1n) is 7.94. The summed E-state index contributed by atoms with van der Waals surface area (Å²) in [6.45, 7) is 1.93. The minimum Gasteiger partial charge on any atom is -0.403 e. The van der Waals surface area contributed by atoms with Crippen LogP contribution in [0.3, 0.4) is 0 Å². The minimum absolute atomic E-state index is 0.0287. The van der Waals surface area contributed by atoms with Crippen LogP contribution in [0, 0.1) is 6.92 Å². The zero-order valence-corrected chi connectivity index (χ0v) is 13.8. The molecule has 2 aromatic carbocycles. The lowest BCUT2D eigenvalue weighted by molar-refractivity contribution is 0.102. The van der Waals surface area contributed by atoms with Gasteiger partial charge in [-0.15, -0.1) is 9.61 Å². The first-order valence-corrected chi connectivity index (χ1v) is 7.94. The zero-order chi connectivity index (χ0) is 18.1. The van der Waals surface area contributed by atoms with Gasteiger partial charge in [0.15, 0.2) is 0 Å². The summed E-state index contributed by atoms with van der Waals surface area (Å²) in [5.41, 5.74) is 1.73. The summed E-state index contributed by atoms with van der Waals surface area (Å²) in [6.07, 6.45) is 1.27. The molecule has 1 amide bonds. The zero-order valence-electron chi connectivity index (χ0n) is 13.8. The molecule has 4 rings (SSSR count). The van der Waals surface area contributed by atoms with Crippen molar-refractivity contribution in [1.29, 1.82) is 0 Å². The summed E-state index contributed by atoms with van der Waals surface area (Å²) in [7, 11) is 0. The number of fused-ring (bicyclic) bond motifs is 1. The summed E-state index contributed by atoms with van der Waals surface area (Å²) >= 11 is 0. The molecule has 7 heteroatoms. The van der Waals surface area contributed by atoms with Crippen LogP contribution in [0.4, 0.5) is 5.69 Å². The lowest BCUT2D eigenvalue weighted by Gasteiger charge is -2.04. The van der Waals surface area contributed by atoms with Crippen LogP contribution < -0.4 is 10.9 Å². The van der Waals surface area contributed by atoms with E-state index in [-0.39, 0.29) is 17.4 Å². The number of aryl methyl sites for hydroxylation is 1. The lowest BCUT2D eigenvalue weighted by atomic mass is 10.1. The molecule has 0 saturated carbocycles. The topological polar surface area (TPSA) is 89.5 Å². The molecular weight excluding hydrogens is 332 g/mol. The Hall–Kier alpha value is -3.74. The lowest BCUT2D eigenvalue weighted by Crippen LogP contribution is -2.23. The van der Waals surface area contributed by atoms with E-state index in [1.165, 1.54) is 6.20 Å². The minimum atomic E-state index is -0.513. The number of carbonyl (C=O) groups excluding carboxylic acids is 1. The summed E-state index contributed by atoms with van der Waals surface area (Å²) in [5.74, 6) is -0.0602. The van der Waals surface area contributed by atoms with Crippen LogP contribution >= 0.6 is 0 Å². The number of rotatable bonds is 3. The van der Waals surface area contributed by atoms with E-state index in [2.05, 4.69) is 15.4 Å². The number of amides is 1. The van der Waals surface area contributed by atoms with E-state index in [1.54, 1.807) is 12.1 Å². The number of hydrogen-bond acceptors (Lipinski definition) is 5. The van der Waals surface area contributed by atoms with Crippen molar-refractivity contribution in [3.05, 3.63) is 82.3 Å². The highest BCUT2D eigenvalue weighted by atomic mass is 16.4. The second-order valence-corrected chi connectivity index (χ2v) is 5.76. The third-order valence-corrected chi connectivity index (χ3v) is 3.87. The van der Waals surface area contributed by atoms with Gasteiger partial charge in [0.05, 0.1) is 6.20 Å². The van der Waals surface area contributed by atoms with Crippen molar-refractivity contribution >= 4 is 17.4 Å². The van der Waals surface area contributed by atoms with Gasteiger partial charge in [0.2, 0.25) is 5.89 Å². The average molecular weight is 346 g/mol. The third kappa shape index (κ3) is 2.86. The van der Waals surface area contributed by atoms with Crippen LogP contribution in [0.2, 0.25) is 0 Å². The molecule has 0 fully saturated rings. The molecule has 0 aliphatic heterocycles. The van der Waals surface area contributed by atoms with Crippen LogP contribution in [0.15, 0.2) is 70.0 Å². The first kappa shape index (κ1) is 15.8. The van der Waals surface area contributed by atoms with Crippen molar-refractivity contribution in [2.75, 3.05) is 5.32 Å². The highest BCUT2D eigenvalue weighted by molar-refractivity contribution is 6.04. The fraction of sp³-hybridized carbons (Fsp3) is 0.0526. The smallest absolute Gasteiger partial charge is 0.328 e. The largest absolute Gasteiger partial charge is 0.403 e. The van der Waals surface area contributed by atoms with Crippen molar-refractivity contribution in [1.82, 2.24) is 14.6 Å². The number of benzene rings is 2. The molecule has 0 aliphatic carbocycles. The second kappa shape index (κ2) is 6.29. The molecule has 0 unspecified atom stereocenters. The summed E-state index contributed by atoms with van der Waals surface area (Å²) in [4.78, 5) is 29.0. The van der Waals surface area contributed by atoms with Crippen LogP contribution in [0.1, 0.15) is 15.9 Å². The van der Waals surface area contributed by atoms with E-state index < -0.39 is 11.5 Å². The molecule has 0 radical (unpaired) electrons. The standard InChI is InChI=1S/C19H14N4O3/c1-12-7-9-13(10-8-12)16(24)21-15-11-20-19-23(18(15)25)22-17(26-19)14-5-3-2-4-6-14/h2-11H,1H3,(H,21,24). The van der Waals surface area contributed by atoms with E-state index in [1.807, 2.05) is 49.4 Å². The Morgan fingerprint density at radius 1 is 1.08 bits per heavy atom. The number of aromatic nitrogens is 3. The molecule has 26 heavy (non-hydrogen) atoms. The Labute approximate surface area is 147 Å². The van der Waals surface area contributed by atoms with Gasteiger partial charge in [-0.05, 0) is 31.2 Å². The van der Waals surface area contributed by atoms with Gasteiger partial charge in [0.1, 0.15) is 5.69 Å². The summed E-state index contributed by atoms with van der Waals surface area (Å²) < 4.78 is 6.56. The van der Waals surface area contributed by atoms with Crippen molar-refractivity contribution in [2.24, 2.45) is 0 Å². The van der Waals surface area contributed by atoms with E-state index in [0.717, 1.165) is 15.6 Å². The normalized spacial score (nSPS) is 10.8. The molecule has 2 heterocycles. The van der Waals surface area contributed by atoms with Gasteiger partial charge in [0.25, 0.3) is 5.91 Å². The van der Waals surface area contributed by atoms with Crippen LogP contribution in [0.5, 0.6) is 0 Å². The van der Waals surface area contributed by atoms with Gasteiger partial charge < -0.3 is 9.73 Å². The number of carbonyl (C=O) groups is 1. The SMILES string of the molecule is Cc1ccc(C(=O)Nc2cnc3oc(-c4ccccc4)nn3c2=O)cc1. The molecule has 2 aromatic heterocycles. The number of hydrogen-bond donors (Lipinski definition) is 1. The van der Waals surface area contributed by atoms with E-state index >= 15 is 0 Å². The highest BCUT2D eigenvalue weighted by Gasteiger charge is 2.15. The van der Waals surface area contributed by atoms with Gasteiger partial charge in [-0.1, -0.05) is 35.9 Å². The number of nitrogens with zero attached hydrogens (tertiary/aromatic N) is 3. The van der Waals surface area contributed by atoms with E-state index in [4.69, 9.17) is 4.42 Å². The Morgan fingerprint density at radius 3 is 2.54 bits per heavy atom. The van der Waals surface area contributed by atoms with Crippen molar-refractivity contribution < 1.29 is 9.21 Å². The maximum atomic E-state index is 12.6. The third-order valence-electron chi connectivity index (χ3n) is 3.87. The monoisotopic (exact) mass is 346 g/mol. The molecule has 4 aromatic rings.